The molecule has 7 N–H and O–H groups in total. The Labute approximate surface area is 122 Å². The first kappa shape index (κ1) is 19.5. The van der Waals surface area contributed by atoms with E-state index in [0.29, 0.717) is 0 Å². The Kier molecular flexibility index (Phi) is 7.51. The molecule has 3 amide bonds. The van der Waals surface area contributed by atoms with Crippen LogP contribution in [-0.4, -0.2) is 51.9 Å². The average Bonchev–Trinajstić information content (AvgIpc) is 2.36. The van der Waals surface area contributed by atoms with Gasteiger partial charge in [0.15, 0.2) is 0 Å². The molecule has 21 heavy (non-hydrogen) atoms. The number of hydrogen-bond donors (Lipinski definition) is 6. The van der Waals surface area contributed by atoms with E-state index in [2.05, 4.69) is 16.0 Å². The lowest BCUT2D eigenvalue weighted by molar-refractivity contribution is -0.131. The van der Waals surface area contributed by atoms with E-state index in [0.717, 1.165) is 6.92 Å². The van der Waals surface area contributed by atoms with E-state index < -0.39 is 43.2 Å². The zero-order valence-electron chi connectivity index (χ0n) is 12.0. The van der Waals surface area contributed by atoms with Crippen LogP contribution in [0.2, 0.25) is 0 Å². The van der Waals surface area contributed by atoms with Crippen LogP contribution in [0.1, 0.15) is 20.8 Å². The minimum absolute atomic E-state index is 0.270. The van der Waals surface area contributed by atoms with Gasteiger partial charge in [-0.15, -0.1) is 0 Å². The zero-order valence-corrected chi connectivity index (χ0v) is 12.9. The molecule has 0 fully saturated rings. The molecule has 3 unspecified atom stereocenters. The molecule has 0 radical (unpaired) electrons. The molecule has 0 aliphatic rings. The van der Waals surface area contributed by atoms with Gasteiger partial charge in [0.2, 0.25) is 17.7 Å². The predicted octanol–water partition coefficient (Wildman–Crippen LogP) is -2.41. The molecule has 0 rings (SSSR count). The monoisotopic (exact) mass is 324 g/mol. The van der Waals surface area contributed by atoms with Crippen LogP contribution >= 0.6 is 7.60 Å². The Morgan fingerprint density at radius 3 is 1.86 bits per heavy atom. The minimum Gasteiger partial charge on any atom is -0.343 e. The molecule has 0 saturated carbocycles. The molecule has 122 valence electrons. The number of carbonyl (C=O) groups is 3. The van der Waals surface area contributed by atoms with E-state index in [1.54, 1.807) is 0 Å². The van der Waals surface area contributed by atoms with Crippen molar-refractivity contribution >= 4 is 25.3 Å². The van der Waals surface area contributed by atoms with Crippen LogP contribution < -0.4 is 21.7 Å². The lowest BCUT2D eigenvalue weighted by atomic mass is 10.2. The Morgan fingerprint density at radius 2 is 1.43 bits per heavy atom. The van der Waals surface area contributed by atoms with Crippen LogP contribution in [0.5, 0.6) is 0 Å². The summed E-state index contributed by atoms with van der Waals surface area (Å²) in [5.41, 5.74) is 5.08. The molecule has 3 atom stereocenters. The molecule has 10 nitrogen and oxygen atoms in total. The van der Waals surface area contributed by atoms with Crippen LogP contribution in [0.4, 0.5) is 0 Å². The molecule has 0 saturated heterocycles. The Morgan fingerprint density at radius 1 is 1.00 bits per heavy atom. The highest BCUT2D eigenvalue weighted by Gasteiger charge is 2.28. The summed E-state index contributed by atoms with van der Waals surface area (Å²) in [5, 5.41) is 6.70. The standard InChI is InChI=1S/C10H21N4O6P/c1-5(12-8(15)4-11)9(16)13-6(2)10(17)14-7(3)21(18,19)20/h5-7H,4,11H2,1-3H3,(H,12,15)(H,13,16)(H,14,17)(H2,18,19,20). The van der Waals surface area contributed by atoms with E-state index in [1.807, 2.05) is 0 Å². The second-order valence-corrected chi connectivity index (χ2v) is 6.45. The number of rotatable bonds is 7. The van der Waals surface area contributed by atoms with Crippen molar-refractivity contribution in [2.45, 2.75) is 38.6 Å². The maximum absolute atomic E-state index is 11.7. The van der Waals surface area contributed by atoms with Gasteiger partial charge in [-0.25, -0.2) is 0 Å². The van der Waals surface area contributed by atoms with Crippen LogP contribution in [-0.2, 0) is 18.9 Å². The summed E-state index contributed by atoms with van der Waals surface area (Å²) in [7, 11) is -4.44. The fourth-order valence-corrected chi connectivity index (χ4v) is 1.48. The van der Waals surface area contributed by atoms with Gasteiger partial charge in [0.25, 0.3) is 0 Å². The zero-order chi connectivity index (χ0) is 16.8. The molecule has 0 aliphatic heterocycles. The van der Waals surface area contributed by atoms with Crippen molar-refractivity contribution in [3.8, 4) is 0 Å². The Balaban J connectivity index is 4.44. The minimum atomic E-state index is -4.44. The van der Waals surface area contributed by atoms with Crippen LogP contribution in [0.3, 0.4) is 0 Å². The fraction of sp³-hybridized carbons (Fsp3) is 0.700. The normalized spacial score (nSPS) is 15.5. The summed E-state index contributed by atoms with van der Waals surface area (Å²) < 4.78 is 10.9. The molecule has 0 spiro atoms. The summed E-state index contributed by atoms with van der Waals surface area (Å²) in [6.45, 7) is 3.63. The fourth-order valence-electron chi connectivity index (χ4n) is 1.18. The molecular weight excluding hydrogens is 303 g/mol. The van der Waals surface area contributed by atoms with Gasteiger partial charge in [-0.05, 0) is 20.8 Å². The van der Waals surface area contributed by atoms with Crippen molar-refractivity contribution in [1.29, 1.82) is 0 Å². The summed E-state index contributed by atoms with van der Waals surface area (Å²) in [5.74, 6) is -3.26. The average molecular weight is 324 g/mol. The maximum Gasteiger partial charge on any atom is 0.347 e. The van der Waals surface area contributed by atoms with Crippen LogP contribution in [0.25, 0.3) is 0 Å². The summed E-state index contributed by atoms with van der Waals surface area (Å²) >= 11 is 0. The van der Waals surface area contributed by atoms with Gasteiger partial charge in [-0.3, -0.25) is 18.9 Å². The van der Waals surface area contributed by atoms with Gasteiger partial charge >= 0.3 is 7.60 Å². The van der Waals surface area contributed by atoms with Crippen molar-refractivity contribution in [3.05, 3.63) is 0 Å². The van der Waals surface area contributed by atoms with Gasteiger partial charge < -0.3 is 31.5 Å². The lowest BCUT2D eigenvalue weighted by Crippen LogP contribution is -2.53. The third-order valence-electron chi connectivity index (χ3n) is 2.56. The second-order valence-electron chi connectivity index (χ2n) is 4.50. The molecule has 0 aliphatic carbocycles. The quantitative estimate of drug-likeness (QED) is 0.283. The molecule has 0 bridgehead atoms. The first-order valence-electron chi connectivity index (χ1n) is 6.14. The van der Waals surface area contributed by atoms with Crippen molar-refractivity contribution in [2.24, 2.45) is 5.73 Å². The summed E-state index contributed by atoms with van der Waals surface area (Å²) in [6.07, 6.45) is 0. The molecule has 11 heteroatoms. The lowest BCUT2D eigenvalue weighted by Gasteiger charge is -2.21. The van der Waals surface area contributed by atoms with E-state index in [9.17, 15) is 18.9 Å². The molecule has 0 aromatic rings. The maximum atomic E-state index is 11.7. The van der Waals surface area contributed by atoms with Gasteiger partial charge in [0.05, 0.1) is 6.54 Å². The smallest absolute Gasteiger partial charge is 0.343 e. The van der Waals surface area contributed by atoms with Gasteiger partial charge in [0.1, 0.15) is 17.9 Å². The summed E-state index contributed by atoms with van der Waals surface area (Å²) in [4.78, 5) is 52.1. The first-order chi connectivity index (χ1) is 9.48. The van der Waals surface area contributed by atoms with Crippen molar-refractivity contribution in [2.75, 3.05) is 6.54 Å². The number of hydrogen-bond acceptors (Lipinski definition) is 5. The van der Waals surface area contributed by atoms with E-state index in [-0.39, 0.29) is 6.54 Å². The highest BCUT2D eigenvalue weighted by atomic mass is 31.2. The number of amides is 3. The topological polar surface area (TPSA) is 171 Å². The van der Waals surface area contributed by atoms with Crippen LogP contribution in [0.15, 0.2) is 0 Å². The molecular formula is C10H21N4O6P. The van der Waals surface area contributed by atoms with E-state index in [1.165, 1.54) is 13.8 Å². The second kappa shape index (κ2) is 8.08. The molecule has 0 aromatic carbocycles. The van der Waals surface area contributed by atoms with Gasteiger partial charge in [-0.1, -0.05) is 0 Å². The third kappa shape index (κ3) is 7.19. The Hall–Kier alpha value is -1.48. The largest absolute Gasteiger partial charge is 0.347 e. The highest BCUT2D eigenvalue weighted by molar-refractivity contribution is 7.52. The van der Waals surface area contributed by atoms with Gasteiger partial charge in [-0.2, -0.15) is 0 Å². The SMILES string of the molecule is CC(NC(=O)CN)C(=O)NC(C)C(=O)NC(C)P(=O)(O)O. The van der Waals surface area contributed by atoms with Gasteiger partial charge in [0, 0.05) is 0 Å². The first-order valence-corrected chi connectivity index (χ1v) is 7.82. The van der Waals surface area contributed by atoms with E-state index in [4.69, 9.17) is 15.5 Å². The number of nitrogens with two attached hydrogens (primary N) is 1. The molecule has 0 aromatic heterocycles. The van der Waals surface area contributed by atoms with E-state index >= 15 is 0 Å². The van der Waals surface area contributed by atoms with Crippen molar-refractivity contribution < 1.29 is 28.7 Å². The van der Waals surface area contributed by atoms with Crippen molar-refractivity contribution in [1.82, 2.24) is 16.0 Å². The number of nitrogens with one attached hydrogen (secondary N) is 3. The third-order valence-corrected chi connectivity index (χ3v) is 3.70. The highest BCUT2D eigenvalue weighted by Crippen LogP contribution is 2.38. The predicted molar refractivity (Wildman–Crippen MR) is 73.9 cm³/mol. The Bertz CT molecular complexity index is 451. The number of carbonyl (C=O) groups excluding carboxylic acids is 3. The van der Waals surface area contributed by atoms with Crippen LogP contribution in [0, 0.1) is 0 Å². The molecule has 0 heterocycles. The van der Waals surface area contributed by atoms with Crippen molar-refractivity contribution in [3.63, 3.8) is 0 Å². The summed E-state index contributed by atoms with van der Waals surface area (Å²) in [6, 6.07) is -1.92.